The molecule has 1 aliphatic rings. The van der Waals surface area contributed by atoms with Gasteiger partial charge in [0.1, 0.15) is 30.1 Å². The number of hydrogen-bond acceptors (Lipinski definition) is 8. The smallest absolute Gasteiger partial charge is 0.325 e. The molecule has 1 heterocycles. The normalized spacial score (nSPS) is 27.4. The largest absolute Gasteiger partial charge is 0.508 e. The van der Waals surface area contributed by atoms with Crippen molar-refractivity contribution >= 4 is 17.7 Å². The molecule has 0 saturated carbocycles. The summed E-state index contributed by atoms with van der Waals surface area (Å²) in [6.45, 7) is 3.59. The second-order valence-corrected chi connectivity index (χ2v) is 7.38. The molecule has 9 heteroatoms. The standard InChI is InChI=1S/C19H28ClNO7/c1-3-27-19(26)14(9-12-4-6-13(22)7-5-12)21(20)11(2)8-16-18(25)17(24)15(23)10-28-16/h4-7,11,14-18,22-25H,3,8-10H2,1-2H3/t11?,14-,15+,16-,17?,18-/m0/s1. The quantitative estimate of drug-likeness (QED) is 0.358. The summed E-state index contributed by atoms with van der Waals surface area (Å²) in [6.07, 6.45) is -3.92. The number of aliphatic hydroxyl groups excluding tert-OH is 3. The van der Waals surface area contributed by atoms with Crippen LogP contribution in [0, 0.1) is 0 Å². The minimum absolute atomic E-state index is 0.0906. The Labute approximate surface area is 169 Å². The van der Waals surface area contributed by atoms with Crippen LogP contribution < -0.4 is 0 Å². The van der Waals surface area contributed by atoms with E-state index in [4.69, 9.17) is 21.3 Å². The van der Waals surface area contributed by atoms with Crippen molar-refractivity contribution in [1.29, 1.82) is 0 Å². The first-order chi connectivity index (χ1) is 13.2. The van der Waals surface area contributed by atoms with E-state index in [1.807, 2.05) is 0 Å². The predicted molar refractivity (Wildman–Crippen MR) is 102 cm³/mol. The fourth-order valence-corrected chi connectivity index (χ4v) is 3.41. The van der Waals surface area contributed by atoms with Crippen molar-refractivity contribution in [2.24, 2.45) is 0 Å². The Hall–Kier alpha value is -1.42. The molecule has 1 saturated heterocycles. The summed E-state index contributed by atoms with van der Waals surface area (Å²) in [6, 6.07) is 5.25. The van der Waals surface area contributed by atoms with Crippen molar-refractivity contribution in [3.63, 3.8) is 0 Å². The molecule has 0 bridgehead atoms. The van der Waals surface area contributed by atoms with Crippen LogP contribution >= 0.6 is 11.8 Å². The summed E-state index contributed by atoms with van der Waals surface area (Å²) in [5, 5.41) is 38.9. The van der Waals surface area contributed by atoms with Crippen LogP contribution in [0.15, 0.2) is 24.3 Å². The van der Waals surface area contributed by atoms with Crippen molar-refractivity contribution in [3.8, 4) is 5.75 Å². The molecular weight excluding hydrogens is 390 g/mol. The van der Waals surface area contributed by atoms with E-state index in [0.717, 1.165) is 5.56 Å². The van der Waals surface area contributed by atoms with Gasteiger partial charge in [0.15, 0.2) is 0 Å². The van der Waals surface area contributed by atoms with Gasteiger partial charge in [-0.05, 0) is 56.2 Å². The molecule has 2 rings (SSSR count). The van der Waals surface area contributed by atoms with Gasteiger partial charge in [-0.1, -0.05) is 12.1 Å². The Morgan fingerprint density at radius 3 is 2.54 bits per heavy atom. The Morgan fingerprint density at radius 1 is 1.29 bits per heavy atom. The summed E-state index contributed by atoms with van der Waals surface area (Å²) in [5.74, 6) is -0.366. The van der Waals surface area contributed by atoms with Gasteiger partial charge in [-0.15, -0.1) is 0 Å². The number of rotatable bonds is 8. The molecule has 28 heavy (non-hydrogen) atoms. The summed E-state index contributed by atoms with van der Waals surface area (Å²) in [4.78, 5) is 12.5. The number of carbonyl (C=O) groups excluding carboxylic acids is 1. The SMILES string of the molecule is CCOC(=O)[C@H](Cc1ccc(O)cc1)N(Cl)C(C)C[C@@H]1OC[C@@H](O)C(O)[C@H]1O. The minimum Gasteiger partial charge on any atom is -0.508 e. The van der Waals surface area contributed by atoms with E-state index in [9.17, 15) is 25.2 Å². The van der Waals surface area contributed by atoms with Gasteiger partial charge < -0.3 is 29.9 Å². The van der Waals surface area contributed by atoms with Crippen LogP contribution in [-0.4, -0.2) is 80.5 Å². The molecule has 0 radical (unpaired) electrons. The Kier molecular flexibility index (Phi) is 8.48. The predicted octanol–water partition coefficient (Wildman–Crippen LogP) is 0.582. The highest BCUT2D eigenvalue weighted by molar-refractivity contribution is 6.15. The molecular formula is C19H28ClNO7. The maximum Gasteiger partial charge on any atom is 0.325 e. The summed E-state index contributed by atoms with van der Waals surface area (Å²) < 4.78 is 11.9. The average Bonchev–Trinajstić information content (AvgIpc) is 2.67. The summed E-state index contributed by atoms with van der Waals surface area (Å²) >= 11 is 6.48. The lowest BCUT2D eigenvalue weighted by molar-refractivity contribution is -0.190. The van der Waals surface area contributed by atoms with Gasteiger partial charge in [-0.2, -0.15) is 0 Å². The third-order valence-electron chi connectivity index (χ3n) is 4.82. The van der Waals surface area contributed by atoms with Crippen LogP contribution in [0.2, 0.25) is 0 Å². The van der Waals surface area contributed by atoms with Gasteiger partial charge in [0.25, 0.3) is 0 Å². The number of aromatic hydroxyl groups is 1. The zero-order valence-electron chi connectivity index (χ0n) is 15.9. The van der Waals surface area contributed by atoms with Crippen molar-refractivity contribution in [2.45, 2.75) is 63.2 Å². The van der Waals surface area contributed by atoms with Crippen LogP contribution in [0.25, 0.3) is 0 Å². The van der Waals surface area contributed by atoms with Crippen LogP contribution in [0.3, 0.4) is 0 Å². The van der Waals surface area contributed by atoms with Crippen molar-refractivity contribution in [1.82, 2.24) is 4.42 Å². The lowest BCUT2D eigenvalue weighted by Crippen LogP contribution is -2.54. The minimum atomic E-state index is -1.30. The average molecular weight is 418 g/mol. The van der Waals surface area contributed by atoms with Crippen molar-refractivity contribution in [3.05, 3.63) is 29.8 Å². The number of benzene rings is 1. The third kappa shape index (κ3) is 5.79. The topological polar surface area (TPSA) is 120 Å². The molecule has 158 valence electrons. The van der Waals surface area contributed by atoms with Gasteiger partial charge in [-0.25, -0.2) is 4.42 Å². The molecule has 0 aliphatic carbocycles. The molecule has 0 spiro atoms. The summed E-state index contributed by atoms with van der Waals surface area (Å²) in [5.41, 5.74) is 0.793. The zero-order valence-corrected chi connectivity index (χ0v) is 16.7. The molecule has 2 unspecified atom stereocenters. The first kappa shape index (κ1) is 22.9. The molecule has 0 aromatic heterocycles. The molecule has 1 aliphatic heterocycles. The number of phenolic OH excluding ortho intramolecular Hbond substituents is 1. The van der Waals surface area contributed by atoms with E-state index in [2.05, 4.69) is 0 Å². The first-order valence-electron chi connectivity index (χ1n) is 9.29. The number of esters is 1. The highest BCUT2D eigenvalue weighted by atomic mass is 35.5. The number of ether oxygens (including phenoxy) is 2. The highest BCUT2D eigenvalue weighted by Crippen LogP contribution is 2.25. The number of nitrogens with zero attached hydrogens (tertiary/aromatic N) is 1. The van der Waals surface area contributed by atoms with Gasteiger partial charge in [0.05, 0.1) is 19.3 Å². The second kappa shape index (κ2) is 10.4. The maximum atomic E-state index is 12.5. The fourth-order valence-electron chi connectivity index (χ4n) is 3.18. The van der Waals surface area contributed by atoms with E-state index in [0.29, 0.717) is 0 Å². The third-order valence-corrected chi connectivity index (χ3v) is 5.39. The van der Waals surface area contributed by atoms with E-state index in [1.54, 1.807) is 26.0 Å². The molecule has 0 amide bonds. The molecule has 1 fully saturated rings. The van der Waals surface area contributed by atoms with Gasteiger partial charge >= 0.3 is 5.97 Å². The molecule has 4 N–H and O–H groups in total. The lowest BCUT2D eigenvalue weighted by atomic mass is 9.95. The van der Waals surface area contributed by atoms with Crippen molar-refractivity contribution < 1.29 is 34.7 Å². The van der Waals surface area contributed by atoms with E-state index in [-0.39, 0.29) is 31.8 Å². The lowest BCUT2D eigenvalue weighted by Gasteiger charge is -2.38. The Balaban J connectivity index is 2.08. The number of halogens is 1. The van der Waals surface area contributed by atoms with Crippen LogP contribution in [-0.2, 0) is 20.7 Å². The van der Waals surface area contributed by atoms with Crippen LogP contribution in [0.5, 0.6) is 5.75 Å². The molecule has 8 nitrogen and oxygen atoms in total. The van der Waals surface area contributed by atoms with Gasteiger partial charge in [-0.3, -0.25) is 4.79 Å². The van der Waals surface area contributed by atoms with Gasteiger partial charge in [0.2, 0.25) is 0 Å². The Bertz CT molecular complexity index is 629. The molecule has 1 aromatic rings. The second-order valence-electron chi connectivity index (χ2n) is 6.99. The van der Waals surface area contributed by atoms with Crippen LogP contribution in [0.4, 0.5) is 0 Å². The molecule has 6 atom stereocenters. The van der Waals surface area contributed by atoms with E-state index >= 15 is 0 Å². The summed E-state index contributed by atoms with van der Waals surface area (Å²) in [7, 11) is 0. The number of phenols is 1. The van der Waals surface area contributed by atoms with Gasteiger partial charge in [0, 0.05) is 6.04 Å². The Morgan fingerprint density at radius 2 is 1.93 bits per heavy atom. The first-order valence-corrected chi connectivity index (χ1v) is 9.62. The highest BCUT2D eigenvalue weighted by Gasteiger charge is 2.40. The van der Waals surface area contributed by atoms with Crippen LogP contribution in [0.1, 0.15) is 25.8 Å². The molecule has 1 aromatic carbocycles. The fraction of sp³-hybridized carbons (Fsp3) is 0.632. The van der Waals surface area contributed by atoms with Crippen molar-refractivity contribution in [2.75, 3.05) is 13.2 Å². The number of aliphatic hydroxyl groups is 3. The van der Waals surface area contributed by atoms with E-state index < -0.39 is 42.5 Å². The zero-order chi connectivity index (χ0) is 20.8. The van der Waals surface area contributed by atoms with E-state index in [1.165, 1.54) is 16.6 Å². The monoisotopic (exact) mass is 417 g/mol. The number of carbonyl (C=O) groups is 1. The maximum absolute atomic E-state index is 12.5. The number of hydrogen-bond donors (Lipinski definition) is 4.